The Morgan fingerprint density at radius 3 is 2.68 bits per heavy atom. The van der Waals surface area contributed by atoms with Crippen LogP contribution in [0.15, 0.2) is 18.2 Å². The Kier molecular flexibility index (Phi) is 4.92. The summed E-state index contributed by atoms with van der Waals surface area (Å²) in [5.74, 6) is 1.83. The van der Waals surface area contributed by atoms with Crippen LogP contribution in [0.3, 0.4) is 0 Å². The predicted octanol–water partition coefficient (Wildman–Crippen LogP) is 5.18. The van der Waals surface area contributed by atoms with Gasteiger partial charge >= 0.3 is 0 Å². The van der Waals surface area contributed by atoms with Gasteiger partial charge in [0.1, 0.15) is 5.78 Å². The van der Waals surface area contributed by atoms with Crippen molar-refractivity contribution in [1.29, 1.82) is 0 Å². The van der Waals surface area contributed by atoms with Crippen LogP contribution in [0.25, 0.3) is 0 Å². The summed E-state index contributed by atoms with van der Waals surface area (Å²) in [6, 6.07) is 5.54. The molecule has 1 aromatic rings. The minimum absolute atomic E-state index is 0.125. The van der Waals surface area contributed by atoms with Gasteiger partial charge in [0.2, 0.25) is 0 Å². The summed E-state index contributed by atoms with van der Waals surface area (Å²) in [5.41, 5.74) is 1.04. The molecule has 1 saturated carbocycles. The average Bonchev–Trinajstić information content (AvgIpc) is 2.34. The van der Waals surface area contributed by atoms with Crippen molar-refractivity contribution in [2.24, 2.45) is 17.8 Å². The third-order valence-electron chi connectivity index (χ3n) is 4.23. The molecule has 1 nitrogen and oxygen atoms in total. The Morgan fingerprint density at radius 1 is 1.32 bits per heavy atom. The molecule has 0 N–H and O–H groups in total. The second-order valence-electron chi connectivity index (χ2n) is 5.88. The lowest BCUT2D eigenvalue weighted by atomic mass is 9.73. The molecule has 1 aromatic carbocycles. The third kappa shape index (κ3) is 3.73. The fourth-order valence-corrected chi connectivity index (χ4v) is 3.39. The summed E-state index contributed by atoms with van der Waals surface area (Å²) in [4.78, 5) is 12.1. The second kappa shape index (κ2) is 6.28. The second-order valence-corrected chi connectivity index (χ2v) is 6.73. The molecule has 1 aliphatic rings. The molecule has 3 heteroatoms. The summed E-state index contributed by atoms with van der Waals surface area (Å²) in [5, 5.41) is 1.32. The lowest BCUT2D eigenvalue weighted by Crippen LogP contribution is -2.29. The van der Waals surface area contributed by atoms with Gasteiger partial charge in [-0.05, 0) is 48.8 Å². The van der Waals surface area contributed by atoms with E-state index in [1.54, 1.807) is 6.07 Å². The molecule has 2 atom stereocenters. The normalized spacial score (nSPS) is 23.9. The summed E-state index contributed by atoms with van der Waals surface area (Å²) < 4.78 is 0. The first-order valence-corrected chi connectivity index (χ1v) is 7.69. The summed E-state index contributed by atoms with van der Waals surface area (Å²) in [7, 11) is 0. The molecule has 0 heterocycles. The van der Waals surface area contributed by atoms with Gasteiger partial charge in [0, 0.05) is 22.4 Å². The van der Waals surface area contributed by atoms with E-state index in [-0.39, 0.29) is 5.92 Å². The van der Waals surface area contributed by atoms with Gasteiger partial charge in [-0.3, -0.25) is 4.79 Å². The number of rotatable bonds is 3. The van der Waals surface area contributed by atoms with Gasteiger partial charge in [-0.2, -0.15) is 0 Å². The maximum atomic E-state index is 12.1. The van der Waals surface area contributed by atoms with Gasteiger partial charge in [-0.1, -0.05) is 43.1 Å². The number of carbonyl (C=O) groups is 1. The highest BCUT2D eigenvalue weighted by Crippen LogP contribution is 2.34. The average molecular weight is 299 g/mol. The Morgan fingerprint density at radius 2 is 2.05 bits per heavy atom. The van der Waals surface area contributed by atoms with Crippen LogP contribution in [0.2, 0.25) is 10.0 Å². The zero-order valence-corrected chi connectivity index (χ0v) is 13.0. The van der Waals surface area contributed by atoms with Crippen LogP contribution in [-0.4, -0.2) is 5.78 Å². The van der Waals surface area contributed by atoms with Crippen molar-refractivity contribution in [2.45, 2.75) is 39.5 Å². The predicted molar refractivity (Wildman–Crippen MR) is 80.8 cm³/mol. The molecule has 0 amide bonds. The van der Waals surface area contributed by atoms with Crippen LogP contribution >= 0.6 is 23.2 Å². The highest BCUT2D eigenvalue weighted by molar-refractivity contribution is 6.35. The van der Waals surface area contributed by atoms with Crippen molar-refractivity contribution in [2.75, 3.05) is 0 Å². The van der Waals surface area contributed by atoms with Crippen molar-refractivity contribution < 1.29 is 4.79 Å². The molecule has 0 radical (unpaired) electrons. The van der Waals surface area contributed by atoms with E-state index in [0.717, 1.165) is 31.2 Å². The van der Waals surface area contributed by atoms with Gasteiger partial charge < -0.3 is 0 Å². The largest absolute Gasteiger partial charge is 0.299 e. The van der Waals surface area contributed by atoms with Gasteiger partial charge in [-0.25, -0.2) is 0 Å². The molecular weight excluding hydrogens is 279 g/mol. The number of hydrogen-bond donors (Lipinski definition) is 0. The monoisotopic (exact) mass is 298 g/mol. The van der Waals surface area contributed by atoms with Crippen LogP contribution in [-0.2, 0) is 11.2 Å². The molecule has 0 aromatic heterocycles. The molecule has 0 saturated heterocycles. The van der Waals surface area contributed by atoms with E-state index in [0.29, 0.717) is 27.7 Å². The Bertz CT molecular complexity index is 468. The topological polar surface area (TPSA) is 17.1 Å². The van der Waals surface area contributed by atoms with E-state index in [9.17, 15) is 4.79 Å². The molecule has 0 spiro atoms. The van der Waals surface area contributed by atoms with Crippen LogP contribution in [0.4, 0.5) is 0 Å². The van der Waals surface area contributed by atoms with Crippen LogP contribution in [0, 0.1) is 17.8 Å². The fraction of sp³-hybridized carbons (Fsp3) is 0.562. The van der Waals surface area contributed by atoms with Crippen molar-refractivity contribution in [1.82, 2.24) is 0 Å². The van der Waals surface area contributed by atoms with Crippen LogP contribution in [0.5, 0.6) is 0 Å². The maximum Gasteiger partial charge on any atom is 0.136 e. The fourth-order valence-electron chi connectivity index (χ4n) is 2.90. The first kappa shape index (κ1) is 14.9. The van der Waals surface area contributed by atoms with Crippen molar-refractivity contribution in [3.8, 4) is 0 Å². The van der Waals surface area contributed by atoms with Crippen LogP contribution < -0.4 is 0 Å². The Balaban J connectivity index is 2.10. The summed E-state index contributed by atoms with van der Waals surface area (Å²) >= 11 is 12.1. The third-order valence-corrected chi connectivity index (χ3v) is 4.82. The zero-order chi connectivity index (χ0) is 14.0. The Labute approximate surface area is 125 Å². The molecule has 2 rings (SSSR count). The van der Waals surface area contributed by atoms with Gasteiger partial charge in [0.05, 0.1) is 0 Å². The van der Waals surface area contributed by atoms with E-state index >= 15 is 0 Å². The van der Waals surface area contributed by atoms with E-state index in [2.05, 4.69) is 13.8 Å². The number of halogens is 2. The zero-order valence-electron chi connectivity index (χ0n) is 11.5. The van der Waals surface area contributed by atoms with Crippen molar-refractivity contribution in [3.05, 3.63) is 33.8 Å². The SMILES string of the molecule is CC(C)C1CCC(=O)C(Cc2ccc(Cl)cc2Cl)C1. The Hall–Kier alpha value is -0.530. The lowest BCUT2D eigenvalue weighted by molar-refractivity contribution is -0.125. The first-order chi connectivity index (χ1) is 8.97. The van der Waals surface area contributed by atoms with Gasteiger partial charge in [0.25, 0.3) is 0 Å². The van der Waals surface area contributed by atoms with Gasteiger partial charge in [0.15, 0.2) is 0 Å². The summed E-state index contributed by atoms with van der Waals surface area (Å²) in [6.07, 6.45) is 3.51. The number of hydrogen-bond acceptors (Lipinski definition) is 1. The standard InChI is InChI=1S/C16H20Cl2O/c1-10(2)11-4-6-16(19)13(7-11)8-12-3-5-14(17)9-15(12)18/h3,5,9-11,13H,4,6-8H2,1-2H3. The highest BCUT2D eigenvalue weighted by atomic mass is 35.5. The molecule has 0 bridgehead atoms. The minimum Gasteiger partial charge on any atom is -0.299 e. The summed E-state index contributed by atoms with van der Waals surface area (Å²) in [6.45, 7) is 4.49. The minimum atomic E-state index is 0.125. The van der Waals surface area contributed by atoms with Crippen molar-refractivity contribution >= 4 is 29.0 Å². The molecule has 1 fully saturated rings. The quantitative estimate of drug-likeness (QED) is 0.752. The smallest absolute Gasteiger partial charge is 0.136 e. The number of Topliss-reactive ketones (excluding diaryl/α,β-unsaturated/α-hetero) is 1. The lowest BCUT2D eigenvalue weighted by Gasteiger charge is -2.30. The molecule has 19 heavy (non-hydrogen) atoms. The first-order valence-electron chi connectivity index (χ1n) is 6.94. The van der Waals surface area contributed by atoms with E-state index in [1.807, 2.05) is 12.1 Å². The molecule has 0 aliphatic heterocycles. The van der Waals surface area contributed by atoms with Crippen LogP contribution in [0.1, 0.15) is 38.7 Å². The van der Waals surface area contributed by atoms with Crippen molar-refractivity contribution in [3.63, 3.8) is 0 Å². The molecule has 104 valence electrons. The maximum absolute atomic E-state index is 12.1. The van der Waals surface area contributed by atoms with E-state index < -0.39 is 0 Å². The molecule has 1 aliphatic carbocycles. The number of ketones is 1. The van der Waals surface area contributed by atoms with E-state index in [4.69, 9.17) is 23.2 Å². The molecular formula is C16H20Cl2O. The number of carbonyl (C=O) groups excluding carboxylic acids is 1. The highest BCUT2D eigenvalue weighted by Gasteiger charge is 2.30. The number of benzene rings is 1. The molecule has 2 unspecified atom stereocenters. The van der Waals surface area contributed by atoms with E-state index in [1.165, 1.54) is 0 Å². The van der Waals surface area contributed by atoms with Gasteiger partial charge in [-0.15, -0.1) is 0 Å².